The van der Waals surface area contributed by atoms with E-state index in [-0.39, 0.29) is 23.5 Å². The fourth-order valence-electron chi connectivity index (χ4n) is 3.95. The van der Waals surface area contributed by atoms with Crippen LogP contribution >= 0.6 is 0 Å². The van der Waals surface area contributed by atoms with E-state index in [2.05, 4.69) is 10.1 Å². The number of aromatic nitrogens is 3. The molecule has 2 aliphatic rings. The second-order valence-corrected chi connectivity index (χ2v) is 9.75. The van der Waals surface area contributed by atoms with E-state index in [0.717, 1.165) is 12.8 Å². The summed E-state index contributed by atoms with van der Waals surface area (Å²) in [6.45, 7) is 1.45. The summed E-state index contributed by atoms with van der Waals surface area (Å²) in [7, 11) is -1.93. The van der Waals surface area contributed by atoms with Crippen molar-refractivity contribution >= 4 is 15.9 Å². The fraction of sp³-hybridized carbons (Fsp3) is 0.550. The Bertz CT molecular complexity index is 983. The molecule has 2 aromatic rings. The third-order valence-corrected chi connectivity index (χ3v) is 7.49. The Kier molecular flexibility index (Phi) is 6.05. The van der Waals surface area contributed by atoms with E-state index in [0.29, 0.717) is 37.5 Å². The standard InChI is InChI=1S/C20H27N5O4S/c1-23-15-18(14-22-23)30(27,28)25-10-4-9-24(11-12-25)20(26)16-7-8-19(21-13-16)29-17-5-2-3-6-17/h7-8,13-15,17H,2-6,9-12H2,1H3. The molecule has 1 aliphatic carbocycles. The summed E-state index contributed by atoms with van der Waals surface area (Å²) in [4.78, 5) is 19.1. The van der Waals surface area contributed by atoms with Gasteiger partial charge in [-0.15, -0.1) is 0 Å². The van der Waals surface area contributed by atoms with Crippen molar-refractivity contribution in [2.45, 2.75) is 43.1 Å². The van der Waals surface area contributed by atoms with Gasteiger partial charge < -0.3 is 9.64 Å². The quantitative estimate of drug-likeness (QED) is 0.712. The third-order valence-electron chi connectivity index (χ3n) is 5.63. The Morgan fingerprint density at radius 3 is 2.53 bits per heavy atom. The molecule has 9 nitrogen and oxygen atoms in total. The van der Waals surface area contributed by atoms with Gasteiger partial charge in [-0.1, -0.05) is 0 Å². The second-order valence-electron chi connectivity index (χ2n) is 7.81. The highest BCUT2D eigenvalue weighted by Crippen LogP contribution is 2.23. The summed E-state index contributed by atoms with van der Waals surface area (Å²) in [6, 6.07) is 3.47. The first-order valence-corrected chi connectivity index (χ1v) is 11.8. The van der Waals surface area contributed by atoms with Crippen molar-refractivity contribution in [2.24, 2.45) is 7.05 Å². The number of hydrogen-bond donors (Lipinski definition) is 0. The minimum absolute atomic E-state index is 0.143. The van der Waals surface area contributed by atoms with Crippen LogP contribution in [0.25, 0.3) is 0 Å². The monoisotopic (exact) mass is 433 g/mol. The van der Waals surface area contributed by atoms with Crippen molar-refractivity contribution in [3.05, 3.63) is 36.3 Å². The maximum atomic E-state index is 12.9. The maximum absolute atomic E-state index is 12.9. The fourth-order valence-corrected chi connectivity index (χ4v) is 5.41. The van der Waals surface area contributed by atoms with Crippen molar-refractivity contribution in [2.75, 3.05) is 26.2 Å². The molecule has 0 radical (unpaired) electrons. The Balaban J connectivity index is 1.38. The zero-order valence-electron chi connectivity index (χ0n) is 17.1. The maximum Gasteiger partial charge on any atom is 0.255 e. The lowest BCUT2D eigenvalue weighted by molar-refractivity contribution is 0.0763. The Labute approximate surface area is 176 Å². The third kappa shape index (κ3) is 4.49. The zero-order valence-corrected chi connectivity index (χ0v) is 17.9. The molecule has 0 unspecified atom stereocenters. The molecule has 0 N–H and O–H groups in total. The summed E-state index contributed by atoms with van der Waals surface area (Å²) >= 11 is 0. The van der Waals surface area contributed by atoms with Crippen LogP contribution < -0.4 is 4.74 Å². The van der Waals surface area contributed by atoms with Crippen molar-refractivity contribution in [3.63, 3.8) is 0 Å². The molecule has 0 spiro atoms. The minimum Gasteiger partial charge on any atom is -0.474 e. The molecule has 1 aliphatic heterocycles. The predicted molar refractivity (Wildman–Crippen MR) is 110 cm³/mol. The molecule has 0 aromatic carbocycles. The molecule has 1 amide bonds. The highest BCUT2D eigenvalue weighted by atomic mass is 32.2. The van der Waals surface area contributed by atoms with E-state index < -0.39 is 10.0 Å². The van der Waals surface area contributed by atoms with Crippen molar-refractivity contribution in [1.82, 2.24) is 24.0 Å². The number of sulfonamides is 1. The molecular weight excluding hydrogens is 406 g/mol. The van der Waals surface area contributed by atoms with Gasteiger partial charge in [-0.25, -0.2) is 13.4 Å². The van der Waals surface area contributed by atoms with Gasteiger partial charge in [0.05, 0.1) is 11.8 Å². The van der Waals surface area contributed by atoms with Crippen LogP contribution in [0.15, 0.2) is 35.6 Å². The zero-order chi connectivity index (χ0) is 21.1. The number of carbonyl (C=O) groups excluding carboxylic acids is 1. The molecule has 162 valence electrons. The molecule has 2 aromatic heterocycles. The molecule has 30 heavy (non-hydrogen) atoms. The van der Waals surface area contributed by atoms with Gasteiger partial charge >= 0.3 is 0 Å². The molecule has 0 atom stereocenters. The molecule has 10 heteroatoms. The number of aryl methyl sites for hydroxylation is 1. The highest BCUT2D eigenvalue weighted by Gasteiger charge is 2.29. The van der Waals surface area contributed by atoms with E-state index in [4.69, 9.17) is 4.74 Å². The highest BCUT2D eigenvalue weighted by molar-refractivity contribution is 7.89. The number of pyridine rings is 1. The molecule has 1 saturated heterocycles. The molecule has 4 rings (SSSR count). The van der Waals surface area contributed by atoms with Crippen LogP contribution in [0, 0.1) is 0 Å². The molecular formula is C20H27N5O4S. The van der Waals surface area contributed by atoms with Gasteiger partial charge in [-0.05, 0) is 38.2 Å². The van der Waals surface area contributed by atoms with Crippen LogP contribution in [0.4, 0.5) is 0 Å². The number of nitrogens with zero attached hydrogens (tertiary/aromatic N) is 5. The van der Waals surface area contributed by atoms with Crippen LogP contribution in [0.3, 0.4) is 0 Å². The van der Waals surface area contributed by atoms with E-state index in [1.54, 1.807) is 30.3 Å². The number of rotatable bonds is 5. The number of carbonyl (C=O) groups is 1. The first kappa shape index (κ1) is 20.8. The second kappa shape index (κ2) is 8.73. The van der Waals surface area contributed by atoms with Crippen molar-refractivity contribution in [1.29, 1.82) is 0 Å². The number of ether oxygens (including phenoxy) is 1. The largest absolute Gasteiger partial charge is 0.474 e. The topological polar surface area (TPSA) is 97.6 Å². The van der Waals surface area contributed by atoms with Gasteiger partial charge in [-0.3, -0.25) is 9.48 Å². The smallest absolute Gasteiger partial charge is 0.255 e. The average Bonchev–Trinajstić information content (AvgIpc) is 3.34. The van der Waals surface area contributed by atoms with Gasteiger partial charge in [0.1, 0.15) is 11.0 Å². The SMILES string of the molecule is Cn1cc(S(=O)(=O)N2CCCN(C(=O)c3ccc(OC4CCCC4)nc3)CC2)cn1. The van der Waals surface area contributed by atoms with Crippen molar-refractivity contribution < 1.29 is 17.9 Å². The predicted octanol–water partition coefficient (Wildman–Crippen LogP) is 1.67. The van der Waals surface area contributed by atoms with Crippen LogP contribution in [0.5, 0.6) is 5.88 Å². The summed E-state index contributed by atoms with van der Waals surface area (Å²) < 4.78 is 34.4. The van der Waals surface area contributed by atoms with Gasteiger partial charge in [0.25, 0.3) is 5.91 Å². The number of hydrogen-bond acceptors (Lipinski definition) is 6. The Morgan fingerprint density at radius 1 is 1.07 bits per heavy atom. The number of amides is 1. The van der Waals surface area contributed by atoms with E-state index >= 15 is 0 Å². The Hall–Kier alpha value is -2.46. The van der Waals surface area contributed by atoms with Gasteiger partial charge in [-0.2, -0.15) is 9.40 Å². The lowest BCUT2D eigenvalue weighted by Crippen LogP contribution is -2.37. The lowest BCUT2D eigenvalue weighted by atomic mass is 10.2. The van der Waals surface area contributed by atoms with E-state index in [1.165, 1.54) is 34.2 Å². The molecule has 3 heterocycles. The molecule has 0 bridgehead atoms. The normalized spacial score (nSPS) is 19.0. The van der Waals surface area contributed by atoms with E-state index in [9.17, 15) is 13.2 Å². The molecule has 1 saturated carbocycles. The first-order chi connectivity index (χ1) is 14.4. The first-order valence-electron chi connectivity index (χ1n) is 10.3. The molecule has 2 fully saturated rings. The lowest BCUT2D eigenvalue weighted by Gasteiger charge is -2.21. The van der Waals surface area contributed by atoms with Gasteiger partial charge in [0.15, 0.2) is 0 Å². The van der Waals surface area contributed by atoms with E-state index in [1.807, 2.05) is 0 Å². The van der Waals surface area contributed by atoms with Gasteiger partial charge in [0.2, 0.25) is 15.9 Å². The van der Waals surface area contributed by atoms with Crippen LogP contribution in [-0.2, 0) is 17.1 Å². The summed E-state index contributed by atoms with van der Waals surface area (Å²) in [5, 5.41) is 3.95. The van der Waals surface area contributed by atoms with Crippen LogP contribution in [0.1, 0.15) is 42.5 Å². The minimum atomic E-state index is -3.61. The van der Waals surface area contributed by atoms with Crippen LogP contribution in [-0.4, -0.2) is 70.6 Å². The summed E-state index contributed by atoms with van der Waals surface area (Å²) in [6.07, 6.45) is 9.64. The summed E-state index contributed by atoms with van der Waals surface area (Å²) in [5.41, 5.74) is 0.484. The van der Waals surface area contributed by atoms with Crippen molar-refractivity contribution in [3.8, 4) is 5.88 Å². The Morgan fingerprint density at radius 2 is 1.87 bits per heavy atom. The van der Waals surface area contributed by atoms with Gasteiger partial charge in [0, 0.05) is 51.7 Å². The average molecular weight is 434 g/mol. The summed E-state index contributed by atoms with van der Waals surface area (Å²) in [5.74, 6) is 0.401. The van der Waals surface area contributed by atoms with Crippen LogP contribution in [0.2, 0.25) is 0 Å².